The van der Waals surface area contributed by atoms with E-state index < -0.39 is 54.2 Å². The second-order valence-corrected chi connectivity index (χ2v) is 10.1. The van der Waals surface area contributed by atoms with Crippen LogP contribution in [0, 0.1) is 0 Å². The molecule has 0 bridgehead atoms. The zero-order chi connectivity index (χ0) is 28.6. The van der Waals surface area contributed by atoms with E-state index in [0.717, 1.165) is 10.9 Å². The Morgan fingerprint density at radius 3 is 2.10 bits per heavy atom. The lowest BCUT2D eigenvalue weighted by Crippen LogP contribution is -2.57. The van der Waals surface area contributed by atoms with Gasteiger partial charge in [-0.15, -0.1) is 0 Å². The van der Waals surface area contributed by atoms with E-state index in [4.69, 9.17) is 4.74 Å². The van der Waals surface area contributed by atoms with Crippen LogP contribution in [0.1, 0.15) is 31.9 Å². The number of benzene rings is 2. The highest BCUT2D eigenvalue weighted by molar-refractivity contribution is 5.93. The second-order valence-electron chi connectivity index (χ2n) is 10.1. The Morgan fingerprint density at radius 1 is 0.846 bits per heavy atom. The first-order valence-corrected chi connectivity index (χ1v) is 12.5. The van der Waals surface area contributed by atoms with E-state index in [1.54, 1.807) is 57.3 Å². The number of hydrogen-bond acceptors (Lipinski definition) is 6. The molecule has 0 radical (unpaired) electrons. The van der Waals surface area contributed by atoms with Crippen LogP contribution >= 0.6 is 0 Å². The third-order valence-electron chi connectivity index (χ3n) is 5.82. The summed E-state index contributed by atoms with van der Waals surface area (Å²) in [5, 5.41) is 27.8. The van der Waals surface area contributed by atoms with Gasteiger partial charge >= 0.3 is 12.1 Å². The highest BCUT2D eigenvalue weighted by atomic mass is 16.6. The minimum atomic E-state index is -1.40. The van der Waals surface area contributed by atoms with Crippen molar-refractivity contribution in [1.29, 1.82) is 0 Å². The largest absolute Gasteiger partial charge is 0.480 e. The maximum Gasteiger partial charge on any atom is 0.408 e. The molecule has 0 saturated heterocycles. The zero-order valence-corrected chi connectivity index (χ0v) is 22.1. The number of carbonyl (C=O) groups excluding carboxylic acids is 3. The SMILES string of the molecule is CC(C)(C)OC(=O)N[C@@H](CO)C(=O)N[C@@H](Cc1ccccc1)C(=O)N[C@@H](Cc1c[nH]c2ccccc12)C(=O)O. The summed E-state index contributed by atoms with van der Waals surface area (Å²) in [7, 11) is 0. The molecule has 0 spiro atoms. The van der Waals surface area contributed by atoms with Gasteiger partial charge in [0.15, 0.2) is 0 Å². The quantitative estimate of drug-likeness (QED) is 0.216. The van der Waals surface area contributed by atoms with Gasteiger partial charge in [-0.05, 0) is 38.0 Å². The van der Waals surface area contributed by atoms with Crippen LogP contribution in [-0.4, -0.2) is 69.4 Å². The fourth-order valence-corrected chi connectivity index (χ4v) is 3.97. The molecule has 1 aromatic heterocycles. The Bertz CT molecular complexity index is 1300. The molecule has 3 aromatic rings. The number of carboxylic acid groups (broad SMARTS) is 1. The van der Waals surface area contributed by atoms with E-state index in [9.17, 15) is 29.4 Å². The first-order chi connectivity index (χ1) is 18.5. The molecule has 3 atom stereocenters. The summed E-state index contributed by atoms with van der Waals surface area (Å²) in [4.78, 5) is 53.6. The number of hydrogen-bond donors (Lipinski definition) is 6. The van der Waals surface area contributed by atoms with Crippen LogP contribution in [-0.2, 0) is 32.0 Å². The van der Waals surface area contributed by atoms with Crippen molar-refractivity contribution in [3.05, 3.63) is 71.9 Å². The average molecular weight is 539 g/mol. The number of aromatic nitrogens is 1. The van der Waals surface area contributed by atoms with Crippen molar-refractivity contribution in [3.8, 4) is 0 Å². The fourth-order valence-electron chi connectivity index (χ4n) is 3.97. The van der Waals surface area contributed by atoms with Gasteiger partial charge in [-0.3, -0.25) is 9.59 Å². The number of ether oxygens (including phenoxy) is 1. The zero-order valence-electron chi connectivity index (χ0n) is 22.1. The number of carbonyl (C=O) groups is 4. The van der Waals surface area contributed by atoms with Gasteiger partial charge in [0.2, 0.25) is 11.8 Å². The monoisotopic (exact) mass is 538 g/mol. The van der Waals surface area contributed by atoms with Crippen LogP contribution in [0.5, 0.6) is 0 Å². The van der Waals surface area contributed by atoms with Gasteiger partial charge in [0.1, 0.15) is 23.7 Å². The maximum atomic E-state index is 13.3. The predicted octanol–water partition coefficient (Wildman–Crippen LogP) is 1.89. The Kier molecular flexibility index (Phi) is 9.67. The number of aliphatic hydroxyl groups is 1. The number of alkyl carbamates (subject to hydrolysis) is 1. The van der Waals surface area contributed by atoms with Crippen molar-refractivity contribution in [1.82, 2.24) is 20.9 Å². The minimum Gasteiger partial charge on any atom is -0.480 e. The molecule has 0 unspecified atom stereocenters. The van der Waals surface area contributed by atoms with Gasteiger partial charge in [-0.25, -0.2) is 9.59 Å². The van der Waals surface area contributed by atoms with Gasteiger partial charge in [0.25, 0.3) is 0 Å². The van der Waals surface area contributed by atoms with E-state index in [2.05, 4.69) is 20.9 Å². The molecule has 208 valence electrons. The summed E-state index contributed by atoms with van der Waals surface area (Å²) in [6.45, 7) is 4.20. The van der Waals surface area contributed by atoms with Gasteiger partial charge in [-0.2, -0.15) is 0 Å². The standard InChI is InChI=1S/C28H34N4O7/c1-28(2,3)39-27(38)32-23(16-33)25(35)30-21(13-17-9-5-4-6-10-17)24(34)31-22(26(36)37)14-18-15-29-20-12-8-7-11-19(18)20/h4-12,15,21-23,29,33H,13-14,16H2,1-3H3,(H,30,35)(H,31,34)(H,32,38)(H,36,37)/t21-,22-,23-/m0/s1. The summed E-state index contributed by atoms with van der Waals surface area (Å²) in [5.74, 6) is -2.80. The van der Waals surface area contributed by atoms with Crippen molar-refractivity contribution in [2.75, 3.05) is 6.61 Å². The molecule has 2 aromatic carbocycles. The van der Waals surface area contributed by atoms with E-state index in [0.29, 0.717) is 11.1 Å². The molecule has 3 amide bonds. The van der Waals surface area contributed by atoms with Crippen LogP contribution in [0.25, 0.3) is 10.9 Å². The number of aliphatic hydroxyl groups excluding tert-OH is 1. The van der Waals surface area contributed by atoms with E-state index in [1.165, 1.54) is 0 Å². The van der Waals surface area contributed by atoms with Crippen LogP contribution < -0.4 is 16.0 Å². The topological polar surface area (TPSA) is 170 Å². The number of amides is 3. The number of aliphatic carboxylic acids is 1. The molecular weight excluding hydrogens is 504 g/mol. The van der Waals surface area contributed by atoms with Gasteiger partial charge in [-0.1, -0.05) is 48.5 Å². The number of nitrogens with one attached hydrogen (secondary N) is 4. The molecule has 1 heterocycles. The Labute approximate surface area is 225 Å². The predicted molar refractivity (Wildman–Crippen MR) is 144 cm³/mol. The number of fused-ring (bicyclic) bond motifs is 1. The van der Waals surface area contributed by atoms with E-state index >= 15 is 0 Å². The Morgan fingerprint density at radius 2 is 1.46 bits per heavy atom. The highest BCUT2D eigenvalue weighted by Gasteiger charge is 2.31. The molecule has 0 saturated carbocycles. The van der Waals surface area contributed by atoms with Crippen LogP contribution in [0.3, 0.4) is 0 Å². The van der Waals surface area contributed by atoms with Crippen LogP contribution in [0.15, 0.2) is 60.8 Å². The van der Waals surface area contributed by atoms with E-state index in [-0.39, 0.29) is 12.8 Å². The van der Waals surface area contributed by atoms with E-state index in [1.807, 2.05) is 24.3 Å². The highest BCUT2D eigenvalue weighted by Crippen LogP contribution is 2.19. The minimum absolute atomic E-state index is 0.0105. The lowest BCUT2D eigenvalue weighted by molar-refractivity contribution is -0.142. The van der Waals surface area contributed by atoms with Crippen molar-refractivity contribution in [2.24, 2.45) is 0 Å². The summed E-state index contributed by atoms with van der Waals surface area (Å²) in [6, 6.07) is 12.4. The van der Waals surface area contributed by atoms with Crippen molar-refractivity contribution >= 4 is 34.8 Å². The number of H-pyrrole nitrogens is 1. The molecular formula is C28H34N4O7. The molecule has 0 aliphatic heterocycles. The lowest BCUT2D eigenvalue weighted by atomic mass is 10.0. The van der Waals surface area contributed by atoms with Crippen molar-refractivity contribution in [2.45, 2.75) is 57.3 Å². The summed E-state index contributed by atoms with van der Waals surface area (Å²) in [6.07, 6.45) is 0.841. The average Bonchev–Trinajstić information content (AvgIpc) is 3.28. The van der Waals surface area contributed by atoms with Gasteiger partial charge in [0, 0.05) is 29.9 Å². The number of aromatic amines is 1. The lowest BCUT2D eigenvalue weighted by Gasteiger charge is -2.25. The Balaban J connectivity index is 1.77. The Hall–Kier alpha value is -4.38. The number of para-hydroxylation sites is 1. The fraction of sp³-hybridized carbons (Fsp3) is 0.357. The third-order valence-corrected chi connectivity index (χ3v) is 5.82. The summed E-state index contributed by atoms with van der Waals surface area (Å²) < 4.78 is 5.14. The van der Waals surface area contributed by atoms with Crippen LogP contribution in [0.4, 0.5) is 4.79 Å². The summed E-state index contributed by atoms with van der Waals surface area (Å²) >= 11 is 0. The third kappa shape index (κ3) is 8.57. The molecule has 39 heavy (non-hydrogen) atoms. The molecule has 6 N–H and O–H groups in total. The molecule has 0 aliphatic rings. The molecule has 3 rings (SSSR count). The first kappa shape index (κ1) is 29.2. The van der Waals surface area contributed by atoms with Crippen molar-refractivity contribution in [3.63, 3.8) is 0 Å². The second kappa shape index (κ2) is 12.9. The smallest absolute Gasteiger partial charge is 0.408 e. The maximum absolute atomic E-state index is 13.3. The summed E-state index contributed by atoms with van der Waals surface area (Å²) in [5.41, 5.74) is 1.43. The molecule has 0 aliphatic carbocycles. The van der Waals surface area contributed by atoms with Crippen molar-refractivity contribution < 1.29 is 34.1 Å². The first-order valence-electron chi connectivity index (χ1n) is 12.5. The van der Waals surface area contributed by atoms with Gasteiger partial charge < -0.3 is 35.9 Å². The molecule has 11 nitrogen and oxygen atoms in total. The molecule has 0 fully saturated rings. The normalized spacial score (nSPS) is 13.6. The molecule has 11 heteroatoms. The van der Waals surface area contributed by atoms with Gasteiger partial charge in [0.05, 0.1) is 6.61 Å². The van der Waals surface area contributed by atoms with Crippen LogP contribution in [0.2, 0.25) is 0 Å². The number of rotatable bonds is 11. The number of carboxylic acids is 1.